The highest BCUT2D eigenvalue weighted by Gasteiger charge is 2.09. The standard InChI is InChI=1S/C14H26O4.C3H8O2/c1-3-5-8-12(4-2)11-18-14(17)10-7-6-9-13(15)16;1-3(5)2-4/h12H,3-11H2,1-2H3,(H,15,16);3-5H,2H2,1H3/p-1. The quantitative estimate of drug-likeness (QED) is 0.413. The van der Waals surface area contributed by atoms with Gasteiger partial charge in [0.25, 0.3) is 0 Å². The van der Waals surface area contributed by atoms with E-state index in [0.717, 1.165) is 19.3 Å². The number of carboxylic acids is 1. The fourth-order valence-corrected chi connectivity index (χ4v) is 1.72. The van der Waals surface area contributed by atoms with Crippen LogP contribution in [0, 0.1) is 5.92 Å². The Kier molecular flexibility index (Phi) is 18.1. The van der Waals surface area contributed by atoms with Crippen LogP contribution in [0.1, 0.15) is 72.1 Å². The highest BCUT2D eigenvalue weighted by atomic mass is 16.5. The van der Waals surface area contributed by atoms with Gasteiger partial charge in [0.15, 0.2) is 0 Å². The van der Waals surface area contributed by atoms with Gasteiger partial charge in [-0.1, -0.05) is 33.1 Å². The van der Waals surface area contributed by atoms with E-state index in [0.29, 0.717) is 31.8 Å². The van der Waals surface area contributed by atoms with E-state index >= 15 is 0 Å². The summed E-state index contributed by atoms with van der Waals surface area (Å²) < 4.78 is 5.20. The van der Waals surface area contributed by atoms with Crippen molar-refractivity contribution in [1.29, 1.82) is 0 Å². The van der Waals surface area contributed by atoms with E-state index in [1.807, 2.05) is 0 Å². The van der Waals surface area contributed by atoms with Gasteiger partial charge in [0.1, 0.15) is 0 Å². The van der Waals surface area contributed by atoms with Crippen molar-refractivity contribution in [2.24, 2.45) is 5.92 Å². The lowest BCUT2D eigenvalue weighted by atomic mass is 10.0. The van der Waals surface area contributed by atoms with Crippen LogP contribution in [0.3, 0.4) is 0 Å². The molecule has 0 fully saturated rings. The predicted octanol–water partition coefficient (Wildman–Crippen LogP) is 1.42. The molecule has 6 heteroatoms. The van der Waals surface area contributed by atoms with E-state index in [1.54, 1.807) is 0 Å². The summed E-state index contributed by atoms with van der Waals surface area (Å²) >= 11 is 0. The van der Waals surface area contributed by atoms with Crippen LogP contribution < -0.4 is 5.11 Å². The van der Waals surface area contributed by atoms with Gasteiger partial charge in [-0.3, -0.25) is 4.79 Å². The third-order valence-electron chi connectivity index (χ3n) is 3.30. The van der Waals surface area contributed by atoms with Gasteiger partial charge in [-0.05, 0) is 38.5 Å². The van der Waals surface area contributed by atoms with Crippen LogP contribution in [0.2, 0.25) is 0 Å². The molecule has 0 heterocycles. The molecule has 0 spiro atoms. The van der Waals surface area contributed by atoms with Crippen LogP contribution in [0.5, 0.6) is 0 Å². The van der Waals surface area contributed by atoms with Crippen molar-refractivity contribution in [1.82, 2.24) is 0 Å². The summed E-state index contributed by atoms with van der Waals surface area (Å²) in [5.41, 5.74) is 0. The first-order valence-electron chi connectivity index (χ1n) is 8.51. The number of carbonyl (C=O) groups excluding carboxylic acids is 2. The Morgan fingerprint density at radius 1 is 1.13 bits per heavy atom. The molecule has 2 unspecified atom stereocenters. The Morgan fingerprint density at radius 3 is 2.13 bits per heavy atom. The molecular formula is C17H33O6-. The minimum Gasteiger partial charge on any atom is -0.550 e. The van der Waals surface area contributed by atoms with Gasteiger partial charge in [-0.15, -0.1) is 0 Å². The number of aliphatic carboxylic acids is 1. The van der Waals surface area contributed by atoms with Gasteiger partial charge in [0, 0.05) is 12.4 Å². The molecular weight excluding hydrogens is 300 g/mol. The molecule has 0 aromatic carbocycles. The Morgan fingerprint density at radius 2 is 1.70 bits per heavy atom. The van der Waals surface area contributed by atoms with E-state index in [1.165, 1.54) is 13.3 Å². The Hall–Kier alpha value is -1.14. The van der Waals surface area contributed by atoms with Gasteiger partial charge < -0.3 is 24.9 Å². The average Bonchev–Trinajstić information content (AvgIpc) is 2.52. The SMILES string of the molecule is CC(O)CO.CCCCC(CC)COC(=O)CCCCC(=O)[O-]. The lowest BCUT2D eigenvalue weighted by Gasteiger charge is -2.14. The van der Waals surface area contributed by atoms with Crippen LogP contribution in [-0.4, -0.2) is 41.5 Å². The van der Waals surface area contributed by atoms with Crippen molar-refractivity contribution >= 4 is 11.9 Å². The Bertz CT molecular complexity index is 291. The summed E-state index contributed by atoms with van der Waals surface area (Å²) in [4.78, 5) is 21.6. The van der Waals surface area contributed by atoms with E-state index in [9.17, 15) is 14.7 Å². The second-order valence-electron chi connectivity index (χ2n) is 5.71. The number of ether oxygens (including phenoxy) is 1. The number of carbonyl (C=O) groups is 2. The molecule has 2 N–H and O–H groups in total. The number of rotatable bonds is 12. The van der Waals surface area contributed by atoms with Gasteiger partial charge in [0.2, 0.25) is 0 Å². The van der Waals surface area contributed by atoms with Gasteiger partial charge in [0.05, 0.1) is 19.3 Å². The number of unbranched alkanes of at least 4 members (excludes halogenated alkanes) is 2. The molecule has 0 aromatic rings. The number of carboxylic acid groups (broad SMARTS) is 1. The first-order chi connectivity index (χ1) is 10.9. The number of hydrogen-bond donors (Lipinski definition) is 2. The van der Waals surface area contributed by atoms with Crippen molar-refractivity contribution in [2.45, 2.75) is 78.2 Å². The minimum atomic E-state index is -1.06. The van der Waals surface area contributed by atoms with Gasteiger partial charge in [-0.25, -0.2) is 0 Å². The van der Waals surface area contributed by atoms with Crippen molar-refractivity contribution in [2.75, 3.05) is 13.2 Å². The summed E-state index contributed by atoms with van der Waals surface area (Å²) in [6, 6.07) is 0. The molecule has 0 bridgehead atoms. The van der Waals surface area contributed by atoms with Gasteiger partial charge in [-0.2, -0.15) is 0 Å². The molecule has 138 valence electrons. The Labute approximate surface area is 139 Å². The van der Waals surface area contributed by atoms with Crippen LogP contribution in [0.25, 0.3) is 0 Å². The fourth-order valence-electron chi connectivity index (χ4n) is 1.72. The number of esters is 1. The zero-order valence-electron chi connectivity index (χ0n) is 14.8. The monoisotopic (exact) mass is 333 g/mol. The van der Waals surface area contributed by atoms with Crippen molar-refractivity contribution < 1.29 is 29.6 Å². The second kappa shape index (κ2) is 17.2. The molecule has 6 nitrogen and oxygen atoms in total. The molecule has 0 saturated carbocycles. The van der Waals surface area contributed by atoms with Crippen LogP contribution in [0.4, 0.5) is 0 Å². The largest absolute Gasteiger partial charge is 0.550 e. The maximum atomic E-state index is 11.4. The summed E-state index contributed by atoms with van der Waals surface area (Å²) in [6.45, 7) is 6.14. The molecule has 0 rings (SSSR count). The summed E-state index contributed by atoms with van der Waals surface area (Å²) in [7, 11) is 0. The number of aliphatic hydroxyl groups is 2. The van der Waals surface area contributed by atoms with Crippen LogP contribution in [0.15, 0.2) is 0 Å². The molecule has 23 heavy (non-hydrogen) atoms. The van der Waals surface area contributed by atoms with Crippen molar-refractivity contribution in [3.8, 4) is 0 Å². The molecule has 2 atom stereocenters. The summed E-state index contributed by atoms with van der Waals surface area (Å²) in [5.74, 6) is -0.825. The highest BCUT2D eigenvalue weighted by Crippen LogP contribution is 2.13. The molecule has 0 amide bonds. The van der Waals surface area contributed by atoms with Crippen molar-refractivity contribution in [3.63, 3.8) is 0 Å². The number of hydrogen-bond acceptors (Lipinski definition) is 6. The van der Waals surface area contributed by atoms with Gasteiger partial charge >= 0.3 is 5.97 Å². The average molecular weight is 333 g/mol. The smallest absolute Gasteiger partial charge is 0.305 e. The Balaban J connectivity index is 0. The minimum absolute atomic E-state index is 0.0152. The van der Waals surface area contributed by atoms with E-state index < -0.39 is 12.1 Å². The van der Waals surface area contributed by atoms with E-state index in [2.05, 4.69) is 13.8 Å². The molecule has 0 aliphatic heterocycles. The molecule has 0 aliphatic rings. The zero-order valence-corrected chi connectivity index (χ0v) is 14.8. The molecule has 0 saturated heterocycles. The first-order valence-corrected chi connectivity index (χ1v) is 8.51. The molecule has 0 aliphatic carbocycles. The first kappa shape index (κ1) is 24.1. The molecule has 0 aromatic heterocycles. The maximum Gasteiger partial charge on any atom is 0.305 e. The van der Waals surface area contributed by atoms with Crippen LogP contribution >= 0.6 is 0 Å². The second-order valence-corrected chi connectivity index (χ2v) is 5.71. The lowest BCUT2D eigenvalue weighted by molar-refractivity contribution is -0.305. The predicted molar refractivity (Wildman–Crippen MR) is 86.5 cm³/mol. The maximum absolute atomic E-state index is 11.4. The van der Waals surface area contributed by atoms with E-state index in [4.69, 9.17) is 14.9 Å². The normalized spacial score (nSPS) is 12.7. The lowest BCUT2D eigenvalue weighted by Crippen LogP contribution is -2.21. The highest BCUT2D eigenvalue weighted by molar-refractivity contribution is 5.69. The fraction of sp³-hybridized carbons (Fsp3) is 0.882. The zero-order chi connectivity index (χ0) is 18.1. The molecule has 0 radical (unpaired) electrons. The van der Waals surface area contributed by atoms with E-state index in [-0.39, 0.29) is 19.0 Å². The number of aliphatic hydroxyl groups excluding tert-OH is 2. The van der Waals surface area contributed by atoms with Crippen LogP contribution in [-0.2, 0) is 14.3 Å². The third kappa shape index (κ3) is 20.9. The summed E-state index contributed by atoms with van der Waals surface area (Å²) in [5, 5.41) is 26.2. The van der Waals surface area contributed by atoms with Crippen molar-refractivity contribution in [3.05, 3.63) is 0 Å². The third-order valence-corrected chi connectivity index (χ3v) is 3.30. The summed E-state index contributed by atoms with van der Waals surface area (Å²) in [6.07, 6.45) is 5.25. The topological polar surface area (TPSA) is 107 Å².